The van der Waals surface area contributed by atoms with Gasteiger partial charge in [0, 0.05) is 6.54 Å². The smallest absolute Gasteiger partial charge is 0.347 e. The highest BCUT2D eigenvalue weighted by atomic mass is 79.9. The molecular formula is C16H24BrNO3. The Labute approximate surface area is 135 Å². The summed E-state index contributed by atoms with van der Waals surface area (Å²) < 4.78 is 11.4. The highest BCUT2D eigenvalue weighted by Gasteiger charge is 2.17. The highest BCUT2D eigenvalue weighted by molar-refractivity contribution is 9.10. The van der Waals surface area contributed by atoms with Crippen LogP contribution >= 0.6 is 15.9 Å². The van der Waals surface area contributed by atoms with Crippen LogP contribution in [0.3, 0.4) is 0 Å². The lowest BCUT2D eigenvalue weighted by atomic mass is 10.2. The van der Waals surface area contributed by atoms with Crippen LogP contribution in [0.15, 0.2) is 22.7 Å². The SMILES string of the molecule is CCCCNCc1ccc(O[C@@H](C)C(=O)OCC)c(Br)c1. The first-order chi connectivity index (χ1) is 10.1. The number of hydrogen-bond acceptors (Lipinski definition) is 4. The maximum absolute atomic E-state index is 11.6. The van der Waals surface area contributed by atoms with E-state index in [1.807, 2.05) is 18.2 Å². The van der Waals surface area contributed by atoms with Crippen molar-refractivity contribution < 1.29 is 14.3 Å². The van der Waals surface area contributed by atoms with Gasteiger partial charge in [-0.1, -0.05) is 19.4 Å². The second-order valence-electron chi connectivity index (χ2n) is 4.81. The lowest BCUT2D eigenvalue weighted by Crippen LogP contribution is -2.26. The molecule has 0 radical (unpaired) electrons. The fraction of sp³-hybridized carbons (Fsp3) is 0.562. The quantitative estimate of drug-likeness (QED) is 0.541. The van der Waals surface area contributed by atoms with Gasteiger partial charge in [0.05, 0.1) is 11.1 Å². The highest BCUT2D eigenvalue weighted by Crippen LogP contribution is 2.27. The number of esters is 1. The van der Waals surface area contributed by atoms with E-state index < -0.39 is 6.10 Å². The van der Waals surface area contributed by atoms with E-state index in [1.165, 1.54) is 18.4 Å². The van der Waals surface area contributed by atoms with E-state index >= 15 is 0 Å². The van der Waals surface area contributed by atoms with Gasteiger partial charge in [0.15, 0.2) is 6.10 Å². The van der Waals surface area contributed by atoms with Crippen molar-refractivity contribution in [1.82, 2.24) is 5.32 Å². The molecule has 1 aromatic rings. The lowest BCUT2D eigenvalue weighted by molar-refractivity contribution is -0.150. The molecule has 1 N–H and O–H groups in total. The molecule has 0 fully saturated rings. The molecule has 0 saturated heterocycles. The van der Waals surface area contributed by atoms with Gasteiger partial charge in [0.25, 0.3) is 0 Å². The number of nitrogens with one attached hydrogen (secondary N) is 1. The summed E-state index contributed by atoms with van der Waals surface area (Å²) in [7, 11) is 0. The van der Waals surface area contributed by atoms with Gasteiger partial charge in [-0.3, -0.25) is 0 Å². The number of carbonyl (C=O) groups is 1. The number of benzene rings is 1. The Morgan fingerprint density at radius 2 is 2.14 bits per heavy atom. The number of unbranched alkanes of at least 4 members (excludes halogenated alkanes) is 1. The van der Waals surface area contributed by atoms with Crippen LogP contribution in [0.5, 0.6) is 5.75 Å². The van der Waals surface area contributed by atoms with Crippen LogP contribution in [0.1, 0.15) is 39.2 Å². The predicted molar refractivity (Wildman–Crippen MR) is 87.5 cm³/mol. The summed E-state index contributed by atoms with van der Waals surface area (Å²) in [4.78, 5) is 11.6. The van der Waals surface area contributed by atoms with Crippen molar-refractivity contribution >= 4 is 21.9 Å². The molecule has 0 aliphatic carbocycles. The molecule has 118 valence electrons. The fourth-order valence-electron chi connectivity index (χ4n) is 1.78. The zero-order chi connectivity index (χ0) is 15.7. The monoisotopic (exact) mass is 357 g/mol. The number of carbonyl (C=O) groups excluding carboxylic acids is 1. The van der Waals surface area contributed by atoms with Gasteiger partial charge in [-0.15, -0.1) is 0 Å². The van der Waals surface area contributed by atoms with E-state index in [2.05, 4.69) is 28.2 Å². The first kappa shape index (κ1) is 18.0. The molecule has 0 aromatic heterocycles. The summed E-state index contributed by atoms with van der Waals surface area (Å²) in [6, 6.07) is 5.87. The number of halogens is 1. The number of rotatable bonds is 9. The molecule has 1 rings (SSSR count). The van der Waals surface area contributed by atoms with Gasteiger partial charge in [-0.25, -0.2) is 4.79 Å². The topological polar surface area (TPSA) is 47.6 Å². The Kier molecular flexibility index (Phi) is 8.38. The Morgan fingerprint density at radius 1 is 1.38 bits per heavy atom. The fourth-order valence-corrected chi connectivity index (χ4v) is 2.30. The van der Waals surface area contributed by atoms with Crippen LogP contribution in [0, 0.1) is 0 Å². The molecule has 0 aliphatic heterocycles. The molecule has 1 atom stereocenters. The molecule has 5 heteroatoms. The first-order valence-corrected chi connectivity index (χ1v) is 8.20. The number of ether oxygens (including phenoxy) is 2. The average molecular weight is 358 g/mol. The summed E-state index contributed by atoms with van der Waals surface area (Å²) in [6.07, 6.45) is 1.75. The Hall–Kier alpha value is -1.07. The van der Waals surface area contributed by atoms with Crippen LogP contribution in [-0.2, 0) is 16.1 Å². The van der Waals surface area contributed by atoms with Crippen molar-refractivity contribution in [2.45, 2.75) is 46.3 Å². The maximum atomic E-state index is 11.6. The van der Waals surface area contributed by atoms with Crippen LogP contribution in [-0.4, -0.2) is 25.2 Å². The minimum Gasteiger partial charge on any atom is -0.478 e. The van der Waals surface area contributed by atoms with Gasteiger partial charge >= 0.3 is 5.97 Å². The minimum atomic E-state index is -0.616. The van der Waals surface area contributed by atoms with Crippen molar-refractivity contribution in [2.24, 2.45) is 0 Å². The third-order valence-electron chi connectivity index (χ3n) is 2.95. The molecule has 4 nitrogen and oxygen atoms in total. The molecule has 0 aliphatic rings. The minimum absolute atomic E-state index is 0.352. The maximum Gasteiger partial charge on any atom is 0.347 e. The van der Waals surface area contributed by atoms with Crippen LogP contribution in [0.25, 0.3) is 0 Å². The standard InChI is InChI=1S/C16H24BrNO3/c1-4-6-9-18-11-13-7-8-15(14(17)10-13)21-12(3)16(19)20-5-2/h7-8,10,12,18H,4-6,9,11H2,1-3H3/t12-/m0/s1. The van der Waals surface area contributed by atoms with E-state index in [0.717, 1.165) is 17.6 Å². The molecule has 1 aromatic carbocycles. The van der Waals surface area contributed by atoms with E-state index in [9.17, 15) is 4.79 Å². The molecular weight excluding hydrogens is 334 g/mol. The molecule has 0 amide bonds. The second-order valence-corrected chi connectivity index (χ2v) is 5.66. The molecule has 0 saturated carbocycles. The van der Waals surface area contributed by atoms with E-state index in [0.29, 0.717) is 12.4 Å². The number of hydrogen-bond donors (Lipinski definition) is 1. The van der Waals surface area contributed by atoms with E-state index in [1.54, 1.807) is 13.8 Å². The Morgan fingerprint density at radius 3 is 2.76 bits per heavy atom. The van der Waals surface area contributed by atoms with E-state index in [-0.39, 0.29) is 5.97 Å². The van der Waals surface area contributed by atoms with Crippen molar-refractivity contribution in [3.8, 4) is 5.75 Å². The predicted octanol–water partition coefficient (Wildman–Crippen LogP) is 3.67. The van der Waals surface area contributed by atoms with Gasteiger partial charge in [0.2, 0.25) is 0 Å². The third-order valence-corrected chi connectivity index (χ3v) is 3.57. The van der Waals surface area contributed by atoms with E-state index in [4.69, 9.17) is 9.47 Å². The second kappa shape index (κ2) is 9.79. The summed E-state index contributed by atoms with van der Waals surface area (Å²) >= 11 is 3.48. The van der Waals surface area contributed by atoms with Crippen molar-refractivity contribution in [2.75, 3.05) is 13.2 Å². The molecule has 21 heavy (non-hydrogen) atoms. The summed E-state index contributed by atoms with van der Waals surface area (Å²) in [6.45, 7) is 7.84. The Balaban J connectivity index is 2.55. The molecule has 0 unspecified atom stereocenters. The van der Waals surface area contributed by atoms with Gasteiger partial charge in [-0.05, 0) is 60.4 Å². The summed E-state index contributed by atoms with van der Waals surface area (Å²) in [5.41, 5.74) is 1.18. The third kappa shape index (κ3) is 6.48. The zero-order valence-electron chi connectivity index (χ0n) is 12.9. The van der Waals surface area contributed by atoms with Crippen molar-refractivity contribution in [1.29, 1.82) is 0 Å². The van der Waals surface area contributed by atoms with Crippen LogP contribution in [0.4, 0.5) is 0 Å². The molecule has 0 spiro atoms. The van der Waals surface area contributed by atoms with Crippen LogP contribution < -0.4 is 10.1 Å². The lowest BCUT2D eigenvalue weighted by Gasteiger charge is -2.15. The van der Waals surface area contributed by atoms with Gasteiger partial charge in [-0.2, -0.15) is 0 Å². The summed E-state index contributed by atoms with van der Waals surface area (Å²) in [5, 5.41) is 3.39. The van der Waals surface area contributed by atoms with Gasteiger partial charge < -0.3 is 14.8 Å². The van der Waals surface area contributed by atoms with Crippen molar-refractivity contribution in [3.05, 3.63) is 28.2 Å². The van der Waals surface area contributed by atoms with Crippen LogP contribution in [0.2, 0.25) is 0 Å². The van der Waals surface area contributed by atoms with Gasteiger partial charge in [0.1, 0.15) is 5.75 Å². The van der Waals surface area contributed by atoms with Crippen molar-refractivity contribution in [3.63, 3.8) is 0 Å². The normalized spacial score (nSPS) is 12.0. The largest absolute Gasteiger partial charge is 0.478 e. The summed E-state index contributed by atoms with van der Waals surface area (Å²) in [5.74, 6) is 0.294. The first-order valence-electron chi connectivity index (χ1n) is 7.40. The Bertz CT molecular complexity index is 451. The average Bonchev–Trinajstić information content (AvgIpc) is 2.46. The zero-order valence-corrected chi connectivity index (χ0v) is 14.5. The molecule has 0 bridgehead atoms. The molecule has 0 heterocycles.